The highest BCUT2D eigenvalue weighted by Gasteiger charge is 2.67. The second-order valence-electron chi connectivity index (χ2n) is 6.07. The van der Waals surface area contributed by atoms with Crippen LogP contribution >= 0.6 is 23.2 Å². The number of nitrogens with zero attached hydrogens (tertiary/aromatic N) is 2. The molecule has 26 heavy (non-hydrogen) atoms. The lowest BCUT2D eigenvalue weighted by Crippen LogP contribution is -2.11. The van der Waals surface area contributed by atoms with E-state index in [1.807, 2.05) is 30.3 Å². The van der Waals surface area contributed by atoms with Crippen molar-refractivity contribution in [1.82, 2.24) is 10.1 Å². The first kappa shape index (κ1) is 17.5. The van der Waals surface area contributed by atoms with Crippen LogP contribution in [0.4, 0.5) is 0 Å². The fraction of sp³-hybridized carbons (Fsp3) is 0.176. The topological polar surface area (TPSA) is 99.1 Å². The molecule has 0 bridgehead atoms. The molecule has 1 fully saturated rings. The molecule has 0 spiro atoms. The van der Waals surface area contributed by atoms with Crippen LogP contribution in [-0.4, -0.2) is 22.9 Å². The third-order valence-electron chi connectivity index (χ3n) is 4.36. The summed E-state index contributed by atoms with van der Waals surface area (Å²) in [5.41, 5.74) is 1.60. The Hall–Kier alpha value is -1.93. The Bertz CT molecular complexity index is 1050. The molecule has 134 valence electrons. The zero-order valence-electron chi connectivity index (χ0n) is 13.2. The second-order valence-corrected chi connectivity index (χ2v) is 9.07. The molecule has 9 heteroatoms. The quantitative estimate of drug-likeness (QED) is 0.665. The Labute approximate surface area is 160 Å². The van der Waals surface area contributed by atoms with Crippen molar-refractivity contribution in [2.45, 2.75) is 21.1 Å². The summed E-state index contributed by atoms with van der Waals surface area (Å²) in [7, 11) is -3.75. The summed E-state index contributed by atoms with van der Waals surface area (Å²) in [6.45, 7) is 0. The van der Waals surface area contributed by atoms with Crippen LogP contribution in [0.15, 0.2) is 64.0 Å². The minimum atomic E-state index is -3.75. The van der Waals surface area contributed by atoms with Gasteiger partial charge in [-0.05, 0) is 17.7 Å². The standard InChI is InChI=1S/C17H13Cl2N3O3S/c18-17(19)13(10-6-8-12(9-7-10)26(20,23)24)14(17)16-21-15(22-25-16)11-4-2-1-3-5-11/h1-9,13-14H,(H2,20,23,24)/t13-,14+/m0/s1. The molecule has 1 aromatic heterocycles. The molecule has 3 aromatic rings. The third kappa shape index (κ3) is 3.01. The average molecular weight is 410 g/mol. The van der Waals surface area contributed by atoms with E-state index in [9.17, 15) is 8.42 Å². The predicted octanol–water partition coefficient (Wildman–Crippen LogP) is 3.44. The molecule has 6 nitrogen and oxygen atoms in total. The van der Waals surface area contributed by atoms with Crippen molar-refractivity contribution in [2.75, 3.05) is 0 Å². The molecule has 2 aromatic carbocycles. The van der Waals surface area contributed by atoms with Gasteiger partial charge >= 0.3 is 0 Å². The molecule has 0 saturated heterocycles. The van der Waals surface area contributed by atoms with Crippen LogP contribution in [0.3, 0.4) is 0 Å². The number of rotatable bonds is 4. The van der Waals surface area contributed by atoms with E-state index in [1.54, 1.807) is 12.1 Å². The van der Waals surface area contributed by atoms with Crippen molar-refractivity contribution in [2.24, 2.45) is 5.14 Å². The summed E-state index contributed by atoms with van der Waals surface area (Å²) in [5, 5.41) is 9.10. The SMILES string of the molecule is NS(=O)(=O)c1ccc([C@H]2[C@H](c3nc(-c4ccccc4)no3)C2(Cl)Cl)cc1. The first-order valence-electron chi connectivity index (χ1n) is 7.68. The molecule has 2 N–H and O–H groups in total. The Morgan fingerprint density at radius 2 is 1.65 bits per heavy atom. The zero-order chi connectivity index (χ0) is 18.5. The lowest BCUT2D eigenvalue weighted by atomic mass is 10.1. The van der Waals surface area contributed by atoms with Crippen molar-refractivity contribution in [3.8, 4) is 11.4 Å². The molecule has 4 rings (SSSR count). The largest absolute Gasteiger partial charge is 0.339 e. The van der Waals surface area contributed by atoms with Crippen LogP contribution < -0.4 is 5.14 Å². The number of aromatic nitrogens is 2. The van der Waals surface area contributed by atoms with Gasteiger partial charge in [-0.3, -0.25) is 0 Å². The molecule has 0 amide bonds. The molecular formula is C17H13Cl2N3O3S. The first-order chi connectivity index (χ1) is 12.3. The smallest absolute Gasteiger partial charge is 0.238 e. The normalized spacial score (nSPS) is 21.5. The van der Waals surface area contributed by atoms with Crippen LogP contribution in [0.5, 0.6) is 0 Å². The van der Waals surface area contributed by atoms with Gasteiger partial charge in [0.15, 0.2) is 0 Å². The number of benzene rings is 2. The second kappa shape index (κ2) is 6.06. The van der Waals surface area contributed by atoms with Gasteiger partial charge in [0.1, 0.15) is 4.33 Å². The summed E-state index contributed by atoms with van der Waals surface area (Å²) in [6.07, 6.45) is 0. The van der Waals surface area contributed by atoms with Crippen molar-refractivity contribution < 1.29 is 12.9 Å². The highest BCUT2D eigenvalue weighted by Crippen LogP contribution is 2.69. The van der Waals surface area contributed by atoms with Crippen LogP contribution in [0, 0.1) is 0 Å². The van der Waals surface area contributed by atoms with Gasteiger partial charge < -0.3 is 4.52 Å². The Morgan fingerprint density at radius 3 is 2.27 bits per heavy atom. The maximum Gasteiger partial charge on any atom is 0.238 e. The zero-order valence-corrected chi connectivity index (χ0v) is 15.5. The lowest BCUT2D eigenvalue weighted by Gasteiger charge is -2.02. The summed E-state index contributed by atoms with van der Waals surface area (Å²) in [5.74, 6) is 0.134. The van der Waals surface area contributed by atoms with Gasteiger partial charge in [-0.1, -0.05) is 47.6 Å². The summed E-state index contributed by atoms with van der Waals surface area (Å²) >= 11 is 12.8. The number of hydrogen-bond donors (Lipinski definition) is 1. The maximum absolute atomic E-state index is 11.4. The first-order valence-corrected chi connectivity index (χ1v) is 9.98. The van der Waals surface area contributed by atoms with Gasteiger partial charge in [-0.2, -0.15) is 4.98 Å². The Morgan fingerprint density at radius 1 is 1.00 bits per heavy atom. The summed E-state index contributed by atoms with van der Waals surface area (Å²) in [6, 6.07) is 15.5. The van der Waals surface area contributed by atoms with Crippen molar-refractivity contribution >= 4 is 33.2 Å². The van der Waals surface area contributed by atoms with Gasteiger partial charge in [-0.25, -0.2) is 13.6 Å². The lowest BCUT2D eigenvalue weighted by molar-refractivity contribution is 0.378. The van der Waals surface area contributed by atoms with Gasteiger partial charge in [0.05, 0.1) is 10.8 Å². The van der Waals surface area contributed by atoms with Gasteiger partial charge in [0.25, 0.3) is 0 Å². The summed E-state index contributed by atoms with van der Waals surface area (Å²) < 4.78 is 27.0. The fourth-order valence-electron chi connectivity index (χ4n) is 2.98. The predicted molar refractivity (Wildman–Crippen MR) is 97.5 cm³/mol. The van der Waals surface area contributed by atoms with E-state index in [1.165, 1.54) is 12.1 Å². The van der Waals surface area contributed by atoms with E-state index in [0.717, 1.165) is 11.1 Å². The maximum atomic E-state index is 11.4. The molecule has 1 aliphatic carbocycles. The molecule has 1 saturated carbocycles. The van der Waals surface area contributed by atoms with E-state index in [2.05, 4.69) is 10.1 Å². The van der Waals surface area contributed by atoms with Crippen molar-refractivity contribution in [3.63, 3.8) is 0 Å². The Balaban J connectivity index is 1.62. The molecule has 2 atom stereocenters. The van der Waals surface area contributed by atoms with E-state index >= 15 is 0 Å². The minimum Gasteiger partial charge on any atom is -0.339 e. The number of hydrogen-bond acceptors (Lipinski definition) is 5. The van der Waals surface area contributed by atoms with E-state index < -0.39 is 14.4 Å². The monoisotopic (exact) mass is 409 g/mol. The average Bonchev–Trinajstić information content (AvgIpc) is 2.95. The van der Waals surface area contributed by atoms with Crippen LogP contribution in [0.25, 0.3) is 11.4 Å². The number of sulfonamides is 1. The van der Waals surface area contributed by atoms with E-state index in [0.29, 0.717) is 11.7 Å². The molecule has 0 radical (unpaired) electrons. The van der Waals surface area contributed by atoms with Gasteiger partial charge in [-0.15, -0.1) is 23.2 Å². The highest BCUT2D eigenvalue weighted by atomic mass is 35.5. The minimum absolute atomic E-state index is 0.0253. The third-order valence-corrected chi connectivity index (χ3v) is 6.23. The van der Waals surface area contributed by atoms with Crippen molar-refractivity contribution in [1.29, 1.82) is 0 Å². The number of halogens is 2. The van der Waals surface area contributed by atoms with Crippen LogP contribution in [0.2, 0.25) is 0 Å². The fourth-order valence-corrected chi connectivity index (χ4v) is 4.31. The number of alkyl halides is 2. The molecule has 0 aliphatic heterocycles. The van der Waals surface area contributed by atoms with E-state index in [4.69, 9.17) is 32.9 Å². The van der Waals surface area contributed by atoms with Crippen molar-refractivity contribution in [3.05, 3.63) is 66.1 Å². The molecular weight excluding hydrogens is 397 g/mol. The Kier molecular flexibility index (Phi) is 4.07. The highest BCUT2D eigenvalue weighted by molar-refractivity contribution is 7.89. The molecule has 1 aliphatic rings. The molecule has 0 unspecified atom stereocenters. The molecule has 1 heterocycles. The van der Waals surface area contributed by atoms with Gasteiger partial charge in [0.2, 0.25) is 21.7 Å². The van der Waals surface area contributed by atoms with Crippen LogP contribution in [-0.2, 0) is 10.0 Å². The number of primary sulfonamides is 1. The number of nitrogens with two attached hydrogens (primary N) is 1. The van der Waals surface area contributed by atoms with Crippen LogP contribution in [0.1, 0.15) is 23.3 Å². The van der Waals surface area contributed by atoms with Gasteiger partial charge in [0, 0.05) is 11.5 Å². The summed E-state index contributed by atoms with van der Waals surface area (Å²) in [4.78, 5) is 4.43. The van der Waals surface area contributed by atoms with E-state index in [-0.39, 0.29) is 16.7 Å².